The molecule has 27 heavy (non-hydrogen) atoms. The lowest BCUT2D eigenvalue weighted by Gasteiger charge is -2.11. The van der Waals surface area contributed by atoms with Crippen LogP contribution in [0.2, 0.25) is 0 Å². The molecule has 1 aliphatic carbocycles. The Kier molecular flexibility index (Phi) is 4.72. The van der Waals surface area contributed by atoms with Crippen molar-refractivity contribution in [3.63, 3.8) is 0 Å². The lowest BCUT2D eigenvalue weighted by atomic mass is 9.99. The first-order valence-corrected chi connectivity index (χ1v) is 10.2. The molecule has 3 aromatic rings. The average Bonchev–Trinajstić information content (AvgIpc) is 3.29. The van der Waals surface area contributed by atoms with Gasteiger partial charge in [-0.3, -0.25) is 0 Å². The van der Waals surface area contributed by atoms with Crippen LogP contribution in [0.15, 0.2) is 42.6 Å². The fourth-order valence-corrected chi connectivity index (χ4v) is 4.70. The van der Waals surface area contributed by atoms with Crippen molar-refractivity contribution in [1.82, 2.24) is 4.98 Å². The van der Waals surface area contributed by atoms with Crippen LogP contribution < -0.4 is 4.74 Å². The van der Waals surface area contributed by atoms with Gasteiger partial charge in [-0.2, -0.15) is 5.26 Å². The zero-order chi connectivity index (χ0) is 19.0. The Balaban J connectivity index is 1.69. The van der Waals surface area contributed by atoms with Crippen LogP contribution in [0.4, 0.5) is 0 Å². The average molecular weight is 375 g/mol. The molecule has 2 aromatic carbocycles. The van der Waals surface area contributed by atoms with Crippen molar-refractivity contribution in [2.45, 2.75) is 45.6 Å². The molecule has 4 heteroatoms. The molecule has 1 unspecified atom stereocenters. The van der Waals surface area contributed by atoms with Gasteiger partial charge < -0.3 is 4.74 Å². The van der Waals surface area contributed by atoms with E-state index < -0.39 is 0 Å². The van der Waals surface area contributed by atoms with Crippen LogP contribution in [-0.4, -0.2) is 11.1 Å². The van der Waals surface area contributed by atoms with Crippen LogP contribution in [0, 0.1) is 11.3 Å². The predicted molar refractivity (Wildman–Crippen MR) is 110 cm³/mol. The summed E-state index contributed by atoms with van der Waals surface area (Å²) in [5.74, 6) is 1.27. The summed E-state index contributed by atoms with van der Waals surface area (Å²) >= 11 is 1.68. The Morgan fingerprint density at radius 3 is 2.89 bits per heavy atom. The largest absolute Gasteiger partial charge is 0.490 e. The topological polar surface area (TPSA) is 45.9 Å². The lowest BCUT2D eigenvalue weighted by Crippen LogP contribution is -2.06. The van der Waals surface area contributed by atoms with Gasteiger partial charge >= 0.3 is 0 Å². The number of benzene rings is 2. The molecule has 4 rings (SSSR count). The Morgan fingerprint density at radius 2 is 2.11 bits per heavy atom. The van der Waals surface area contributed by atoms with E-state index in [-0.39, 0.29) is 6.10 Å². The van der Waals surface area contributed by atoms with Crippen molar-refractivity contribution in [1.29, 1.82) is 5.26 Å². The summed E-state index contributed by atoms with van der Waals surface area (Å²) in [6, 6.07) is 14.6. The molecule has 1 heterocycles. The molecule has 1 atom stereocenters. The second kappa shape index (κ2) is 7.17. The minimum absolute atomic E-state index is 0.0389. The first-order chi connectivity index (χ1) is 13.1. The van der Waals surface area contributed by atoms with Crippen LogP contribution in [0.1, 0.15) is 49.8 Å². The van der Waals surface area contributed by atoms with Crippen molar-refractivity contribution in [3.8, 4) is 32.8 Å². The fraction of sp³-hybridized carbons (Fsp3) is 0.304. The highest BCUT2D eigenvalue weighted by molar-refractivity contribution is 7.18. The van der Waals surface area contributed by atoms with Crippen molar-refractivity contribution in [2.24, 2.45) is 0 Å². The smallest absolute Gasteiger partial charge is 0.137 e. The molecule has 0 saturated heterocycles. The molecular weight excluding hydrogens is 352 g/mol. The molecule has 0 amide bonds. The summed E-state index contributed by atoms with van der Waals surface area (Å²) in [5, 5.41) is 10.4. The monoisotopic (exact) mass is 374 g/mol. The second-order valence-corrected chi connectivity index (χ2v) is 8.36. The highest BCUT2D eigenvalue weighted by atomic mass is 32.1. The molecule has 0 saturated carbocycles. The van der Waals surface area contributed by atoms with Gasteiger partial charge in [0, 0.05) is 11.8 Å². The van der Waals surface area contributed by atoms with Gasteiger partial charge in [-0.15, -0.1) is 11.3 Å². The molecule has 0 radical (unpaired) electrons. The Labute approximate surface area is 164 Å². The summed E-state index contributed by atoms with van der Waals surface area (Å²) in [5.41, 5.74) is 5.76. The fourth-order valence-electron chi connectivity index (χ4n) is 3.73. The van der Waals surface area contributed by atoms with Crippen LogP contribution in [-0.2, 0) is 6.42 Å². The van der Waals surface area contributed by atoms with Gasteiger partial charge in [0.05, 0.1) is 16.5 Å². The Morgan fingerprint density at radius 1 is 1.26 bits per heavy atom. The van der Waals surface area contributed by atoms with E-state index in [9.17, 15) is 5.26 Å². The minimum Gasteiger partial charge on any atom is -0.490 e. The van der Waals surface area contributed by atoms with Gasteiger partial charge in [0.15, 0.2) is 0 Å². The van der Waals surface area contributed by atoms with E-state index >= 15 is 0 Å². The predicted octanol–water partition coefficient (Wildman–Crippen LogP) is 6.19. The van der Waals surface area contributed by atoms with Crippen LogP contribution in [0.25, 0.3) is 21.0 Å². The van der Waals surface area contributed by atoms with Crippen molar-refractivity contribution < 1.29 is 4.74 Å². The van der Waals surface area contributed by atoms with Crippen molar-refractivity contribution in [3.05, 3.63) is 59.3 Å². The van der Waals surface area contributed by atoms with E-state index in [0.717, 1.165) is 17.0 Å². The summed E-state index contributed by atoms with van der Waals surface area (Å²) in [6.07, 6.45) is 4.36. The van der Waals surface area contributed by atoms with Gasteiger partial charge in [-0.05, 0) is 67.5 Å². The minimum atomic E-state index is 0.0389. The molecular formula is C23H22N2OS. The molecule has 0 spiro atoms. The molecule has 1 aromatic heterocycles. The maximum atomic E-state index is 9.47. The normalized spacial score (nSPS) is 15.6. The zero-order valence-electron chi connectivity index (χ0n) is 15.8. The van der Waals surface area contributed by atoms with Gasteiger partial charge in [-0.1, -0.05) is 25.1 Å². The number of fused-ring (bicyclic) bond motifs is 1. The number of rotatable bonds is 4. The Hall–Kier alpha value is -2.64. The van der Waals surface area contributed by atoms with Crippen LogP contribution >= 0.6 is 11.3 Å². The van der Waals surface area contributed by atoms with E-state index in [0.29, 0.717) is 17.2 Å². The second-order valence-electron chi connectivity index (χ2n) is 7.33. The standard InChI is InChI=1S/C23H22N2OS/c1-14(2)26-21-10-8-16(11-17(21)12-24)23-25-13-22(27-23)20-6-4-5-18-15(3)7-9-19(18)20/h4-6,8,10-11,13-15H,7,9H2,1-3H3. The third-order valence-electron chi connectivity index (χ3n) is 5.05. The highest BCUT2D eigenvalue weighted by Crippen LogP contribution is 2.41. The Bertz CT molecular complexity index is 1030. The molecule has 0 N–H and O–H groups in total. The van der Waals surface area contributed by atoms with E-state index in [2.05, 4.69) is 36.2 Å². The number of nitrogens with zero attached hydrogens (tertiary/aromatic N) is 2. The zero-order valence-corrected chi connectivity index (χ0v) is 16.6. The van der Waals surface area contributed by atoms with Gasteiger partial charge in [0.2, 0.25) is 0 Å². The lowest BCUT2D eigenvalue weighted by molar-refractivity contribution is 0.242. The number of aromatic nitrogens is 1. The SMILES string of the molecule is CC(C)Oc1ccc(-c2ncc(-c3cccc4c3CCC4C)s2)cc1C#N. The maximum absolute atomic E-state index is 9.47. The number of nitriles is 1. The van der Waals surface area contributed by atoms with E-state index in [1.54, 1.807) is 11.3 Å². The quantitative estimate of drug-likeness (QED) is 0.547. The van der Waals surface area contributed by atoms with Gasteiger partial charge in [0.1, 0.15) is 16.8 Å². The van der Waals surface area contributed by atoms with E-state index in [1.165, 1.54) is 28.0 Å². The molecule has 0 bridgehead atoms. The molecule has 0 fully saturated rings. The van der Waals surface area contributed by atoms with Gasteiger partial charge in [-0.25, -0.2) is 4.98 Å². The highest BCUT2D eigenvalue weighted by Gasteiger charge is 2.22. The van der Waals surface area contributed by atoms with E-state index in [4.69, 9.17) is 4.74 Å². The van der Waals surface area contributed by atoms with Crippen LogP contribution in [0.5, 0.6) is 5.75 Å². The van der Waals surface area contributed by atoms with Crippen LogP contribution in [0.3, 0.4) is 0 Å². The molecule has 0 aliphatic heterocycles. The molecule has 1 aliphatic rings. The summed E-state index contributed by atoms with van der Waals surface area (Å²) < 4.78 is 5.72. The third kappa shape index (κ3) is 3.36. The summed E-state index contributed by atoms with van der Waals surface area (Å²) in [7, 11) is 0. The van der Waals surface area contributed by atoms with E-state index in [1.807, 2.05) is 38.2 Å². The molecule has 3 nitrogen and oxygen atoms in total. The number of ether oxygens (including phenoxy) is 1. The third-order valence-corrected chi connectivity index (χ3v) is 6.13. The summed E-state index contributed by atoms with van der Waals surface area (Å²) in [4.78, 5) is 5.83. The number of thiazole rings is 1. The summed E-state index contributed by atoms with van der Waals surface area (Å²) in [6.45, 7) is 6.22. The maximum Gasteiger partial charge on any atom is 0.137 e. The van der Waals surface area contributed by atoms with Crippen molar-refractivity contribution in [2.75, 3.05) is 0 Å². The number of hydrogen-bond acceptors (Lipinski definition) is 4. The van der Waals surface area contributed by atoms with Gasteiger partial charge in [0.25, 0.3) is 0 Å². The first-order valence-electron chi connectivity index (χ1n) is 9.36. The number of hydrogen-bond donors (Lipinski definition) is 0. The van der Waals surface area contributed by atoms with Crippen molar-refractivity contribution >= 4 is 11.3 Å². The first kappa shape index (κ1) is 17.8. The molecule has 136 valence electrons.